The van der Waals surface area contributed by atoms with Gasteiger partial charge in [-0.2, -0.15) is 0 Å². The number of nitrogens with zero attached hydrogens (tertiary/aromatic N) is 1. The van der Waals surface area contributed by atoms with E-state index in [4.69, 9.17) is 4.74 Å². The maximum Gasteiger partial charge on any atom is 0.413 e. The molecule has 0 saturated heterocycles. The summed E-state index contributed by atoms with van der Waals surface area (Å²) in [4.78, 5) is 16.8. The minimum absolute atomic E-state index is 0.494. The molecule has 1 aromatic rings. The number of rotatable bonds is 4. The molecule has 0 saturated carbocycles. The highest BCUT2D eigenvalue weighted by atomic mass is 32.1. The third kappa shape index (κ3) is 5.47. The average molecular weight is 339 g/mol. The average Bonchev–Trinajstić information content (AvgIpc) is 2.86. The Kier molecular flexibility index (Phi) is 6.63. The first-order valence-corrected chi connectivity index (χ1v) is 11.2. The van der Waals surface area contributed by atoms with E-state index in [0.717, 1.165) is 23.0 Å². The molecule has 1 N–H and O–H groups in total. The quantitative estimate of drug-likeness (QED) is 0.628. The van der Waals surface area contributed by atoms with Crippen molar-refractivity contribution in [1.82, 2.24) is 4.98 Å². The van der Waals surface area contributed by atoms with Crippen molar-refractivity contribution in [2.45, 2.75) is 65.3 Å². The molecule has 1 heterocycles. The number of nitrogens with one attached hydrogen (secondary N) is 1. The van der Waals surface area contributed by atoms with Gasteiger partial charge in [0.15, 0.2) is 5.82 Å². The first-order chi connectivity index (χ1) is 10.2. The maximum absolute atomic E-state index is 11.8. The molecule has 0 aromatic carbocycles. The van der Waals surface area contributed by atoms with E-state index >= 15 is 0 Å². The number of carbonyl (C=O) groups is 1. The van der Waals surface area contributed by atoms with E-state index in [0.29, 0.717) is 5.82 Å². The van der Waals surface area contributed by atoms with Gasteiger partial charge in [-0.3, -0.25) is 5.32 Å². The number of amides is 1. The van der Waals surface area contributed by atoms with Crippen LogP contribution in [0.15, 0.2) is 5.51 Å². The van der Waals surface area contributed by atoms with Gasteiger partial charge in [0.1, 0.15) is 18.6 Å². The summed E-state index contributed by atoms with van der Waals surface area (Å²) >= 11 is 1.45. The van der Waals surface area contributed by atoms with E-state index in [-0.39, 0.29) is 0 Å². The Balaban J connectivity index is 2.89. The first kappa shape index (κ1) is 18.7. The van der Waals surface area contributed by atoms with Crippen LogP contribution in [-0.2, 0) is 4.74 Å². The third-order valence-electron chi connectivity index (χ3n) is 3.66. The number of hydrogen-bond donors (Lipinski definition) is 1. The number of aromatic nitrogens is 1. The molecule has 0 aliphatic heterocycles. The molecule has 0 radical (unpaired) electrons. The van der Waals surface area contributed by atoms with Crippen molar-refractivity contribution >= 4 is 31.3 Å². The van der Waals surface area contributed by atoms with Crippen molar-refractivity contribution in [2.75, 3.05) is 5.32 Å². The smallest absolute Gasteiger partial charge is 0.413 e. The zero-order valence-electron chi connectivity index (χ0n) is 14.4. The lowest BCUT2D eigenvalue weighted by molar-refractivity contribution is 0.0635. The van der Waals surface area contributed by atoms with Crippen LogP contribution in [0.25, 0.3) is 0 Å². The summed E-state index contributed by atoms with van der Waals surface area (Å²) in [6.07, 6.45) is -0.494. The maximum atomic E-state index is 11.8. The lowest BCUT2D eigenvalue weighted by Gasteiger charge is -2.20. The summed E-state index contributed by atoms with van der Waals surface area (Å²) in [5.41, 5.74) is 4.68. The fraction of sp³-hybridized carbons (Fsp3) is 0.625. The fourth-order valence-corrected chi connectivity index (χ4v) is 5.13. The highest BCUT2D eigenvalue weighted by Gasteiger charge is 2.24. The zero-order chi connectivity index (χ0) is 16.8. The summed E-state index contributed by atoms with van der Waals surface area (Å²) in [7, 11) is -1.50. The molecule has 4 nitrogen and oxygen atoms in total. The minimum Gasteiger partial charge on any atom is -0.444 e. The second kappa shape index (κ2) is 7.79. The molecular formula is C16H26N2O2SSi. The van der Waals surface area contributed by atoms with Gasteiger partial charge in [-0.15, -0.1) is 16.9 Å². The first-order valence-electron chi connectivity index (χ1n) is 7.72. The Labute approximate surface area is 138 Å². The van der Waals surface area contributed by atoms with Crippen LogP contribution >= 0.6 is 11.3 Å². The second-order valence-electron chi connectivity index (χ2n) is 6.25. The molecule has 0 spiro atoms. The van der Waals surface area contributed by atoms with E-state index < -0.39 is 19.8 Å². The SMILES string of the molecule is CC[Si](C#Cc1scnc1NC(=O)OC(C)(C)C)(CC)CC. The summed E-state index contributed by atoms with van der Waals surface area (Å²) in [6.45, 7) is 12.2. The molecule has 0 bridgehead atoms. The van der Waals surface area contributed by atoms with Gasteiger partial charge in [0.05, 0.1) is 5.51 Å². The molecule has 1 aromatic heterocycles. The molecule has 0 unspecified atom stereocenters. The van der Waals surface area contributed by atoms with Gasteiger partial charge in [0.2, 0.25) is 0 Å². The van der Waals surface area contributed by atoms with Crippen LogP contribution in [0.3, 0.4) is 0 Å². The number of anilines is 1. The highest BCUT2D eigenvalue weighted by molar-refractivity contribution is 7.10. The van der Waals surface area contributed by atoms with Gasteiger partial charge < -0.3 is 4.74 Å². The van der Waals surface area contributed by atoms with Gasteiger partial charge in [-0.25, -0.2) is 9.78 Å². The number of hydrogen-bond acceptors (Lipinski definition) is 4. The second-order valence-corrected chi connectivity index (χ2v) is 12.0. The standard InChI is InChI=1S/C16H26N2O2SSi/c1-7-22(8-2,9-3)11-10-13-14(17-12-21-13)18-15(19)20-16(4,5)6/h12H,7-9H2,1-6H3,(H,18,19). The van der Waals surface area contributed by atoms with E-state index in [2.05, 4.69) is 42.5 Å². The monoisotopic (exact) mass is 338 g/mol. The topological polar surface area (TPSA) is 51.2 Å². The molecular weight excluding hydrogens is 312 g/mol. The van der Waals surface area contributed by atoms with Crippen molar-refractivity contribution in [2.24, 2.45) is 0 Å². The van der Waals surface area contributed by atoms with Crippen LogP contribution in [0.2, 0.25) is 18.1 Å². The Bertz CT molecular complexity index is 554. The molecule has 22 heavy (non-hydrogen) atoms. The van der Waals surface area contributed by atoms with Crippen molar-refractivity contribution in [3.8, 4) is 11.5 Å². The Morgan fingerprint density at radius 1 is 1.32 bits per heavy atom. The lowest BCUT2D eigenvalue weighted by atomic mass is 10.2. The van der Waals surface area contributed by atoms with Crippen LogP contribution in [0.1, 0.15) is 46.4 Å². The summed E-state index contributed by atoms with van der Waals surface area (Å²) in [6, 6.07) is 3.46. The van der Waals surface area contributed by atoms with Gasteiger partial charge in [0.25, 0.3) is 0 Å². The summed E-state index contributed by atoms with van der Waals surface area (Å²) < 4.78 is 5.25. The van der Waals surface area contributed by atoms with Crippen molar-refractivity contribution in [1.29, 1.82) is 0 Å². The van der Waals surface area contributed by atoms with Gasteiger partial charge in [-0.05, 0) is 38.9 Å². The largest absolute Gasteiger partial charge is 0.444 e. The Morgan fingerprint density at radius 3 is 2.41 bits per heavy atom. The van der Waals surface area contributed by atoms with Crippen molar-refractivity contribution in [3.63, 3.8) is 0 Å². The molecule has 0 aliphatic carbocycles. The molecule has 1 rings (SSSR count). The fourth-order valence-electron chi connectivity index (χ4n) is 2.03. The van der Waals surface area contributed by atoms with Crippen LogP contribution in [0, 0.1) is 11.5 Å². The number of ether oxygens (including phenoxy) is 1. The van der Waals surface area contributed by atoms with Crippen LogP contribution in [0.4, 0.5) is 10.6 Å². The highest BCUT2D eigenvalue weighted by Crippen LogP contribution is 2.22. The lowest BCUT2D eigenvalue weighted by Crippen LogP contribution is -2.29. The summed E-state index contributed by atoms with van der Waals surface area (Å²) in [5, 5.41) is 2.69. The van der Waals surface area contributed by atoms with Gasteiger partial charge in [0, 0.05) is 0 Å². The Morgan fingerprint density at radius 2 is 1.91 bits per heavy atom. The predicted molar refractivity (Wildman–Crippen MR) is 96.0 cm³/mol. The molecule has 0 atom stereocenters. The normalized spacial score (nSPS) is 11.5. The predicted octanol–water partition coefficient (Wildman–Crippen LogP) is 4.89. The zero-order valence-corrected chi connectivity index (χ0v) is 16.2. The third-order valence-corrected chi connectivity index (χ3v) is 9.12. The number of thiazole rings is 1. The molecule has 1 amide bonds. The van der Waals surface area contributed by atoms with Gasteiger partial charge >= 0.3 is 6.09 Å². The van der Waals surface area contributed by atoms with Gasteiger partial charge in [-0.1, -0.05) is 26.7 Å². The van der Waals surface area contributed by atoms with E-state index in [9.17, 15) is 4.79 Å². The summed E-state index contributed by atoms with van der Waals surface area (Å²) in [5.74, 6) is 3.75. The van der Waals surface area contributed by atoms with Crippen LogP contribution in [0.5, 0.6) is 0 Å². The molecule has 122 valence electrons. The molecule has 0 aliphatic rings. The number of carbonyl (C=O) groups excluding carboxylic acids is 1. The minimum atomic E-state index is -1.50. The van der Waals surface area contributed by atoms with Crippen molar-refractivity contribution < 1.29 is 9.53 Å². The van der Waals surface area contributed by atoms with Crippen molar-refractivity contribution in [3.05, 3.63) is 10.4 Å². The van der Waals surface area contributed by atoms with E-state index in [1.807, 2.05) is 20.8 Å². The van der Waals surface area contributed by atoms with Crippen LogP contribution in [-0.4, -0.2) is 24.8 Å². The molecule has 6 heteroatoms. The Hall–Kier alpha value is -1.32. The van der Waals surface area contributed by atoms with Crippen LogP contribution < -0.4 is 5.32 Å². The van der Waals surface area contributed by atoms with E-state index in [1.54, 1.807) is 5.51 Å². The van der Waals surface area contributed by atoms with E-state index in [1.165, 1.54) is 11.3 Å². The molecule has 0 fully saturated rings.